The van der Waals surface area contributed by atoms with E-state index in [0.717, 1.165) is 12.8 Å². The number of carbonyl (C=O) groups excluding carboxylic acids is 2. The van der Waals surface area contributed by atoms with Crippen LogP contribution in [0.2, 0.25) is 0 Å². The second-order valence-electron chi connectivity index (χ2n) is 6.03. The molecule has 0 aliphatic carbocycles. The summed E-state index contributed by atoms with van der Waals surface area (Å²) in [7, 11) is 0. The minimum atomic E-state index is -0.490. The molecule has 0 radical (unpaired) electrons. The lowest BCUT2D eigenvalue weighted by molar-refractivity contribution is -0.133. The van der Waals surface area contributed by atoms with E-state index >= 15 is 0 Å². The molecule has 6 heteroatoms. The van der Waals surface area contributed by atoms with Gasteiger partial charge in [0.2, 0.25) is 5.91 Å². The summed E-state index contributed by atoms with van der Waals surface area (Å²) in [5.41, 5.74) is 5.08. The predicted molar refractivity (Wildman–Crippen MR) is 72.6 cm³/mol. The Morgan fingerprint density at radius 3 is 2.26 bits per heavy atom. The molecule has 0 unspecified atom stereocenters. The Bertz CT molecular complexity index is 329. The van der Waals surface area contributed by atoms with E-state index in [-0.39, 0.29) is 11.9 Å². The van der Waals surface area contributed by atoms with E-state index in [0.29, 0.717) is 13.1 Å². The quantitative estimate of drug-likeness (QED) is 0.779. The number of alkyl carbamates (subject to hydrolysis) is 1. The standard InChI is InChI=1S/C13H25N3O3/c1-9(14)11(17)16-7-5-10(6-8-16)15-12(18)19-13(2,3)4/h9-10H,5-8,14H2,1-4H3,(H,15,18)/t9-/m0/s1. The van der Waals surface area contributed by atoms with Crippen molar-refractivity contribution in [2.75, 3.05) is 13.1 Å². The second kappa shape index (κ2) is 6.23. The van der Waals surface area contributed by atoms with Crippen molar-refractivity contribution in [2.24, 2.45) is 5.73 Å². The van der Waals surface area contributed by atoms with Crippen LogP contribution in [0, 0.1) is 0 Å². The molecule has 0 aromatic heterocycles. The summed E-state index contributed by atoms with van der Waals surface area (Å²) in [5.74, 6) is -0.0317. The van der Waals surface area contributed by atoms with Gasteiger partial charge in [-0.15, -0.1) is 0 Å². The normalized spacial score (nSPS) is 18.9. The Morgan fingerprint density at radius 1 is 1.32 bits per heavy atom. The van der Waals surface area contributed by atoms with Gasteiger partial charge in [0.05, 0.1) is 6.04 Å². The van der Waals surface area contributed by atoms with Crippen molar-refractivity contribution in [2.45, 2.75) is 58.2 Å². The summed E-state index contributed by atoms with van der Waals surface area (Å²) < 4.78 is 5.20. The van der Waals surface area contributed by atoms with Crippen LogP contribution in [0.3, 0.4) is 0 Å². The van der Waals surface area contributed by atoms with E-state index < -0.39 is 17.7 Å². The number of amides is 2. The second-order valence-corrected chi connectivity index (χ2v) is 6.03. The molecule has 0 saturated carbocycles. The molecular formula is C13H25N3O3. The summed E-state index contributed by atoms with van der Waals surface area (Å²) in [6.45, 7) is 8.43. The van der Waals surface area contributed by atoms with Crippen LogP contribution in [0.5, 0.6) is 0 Å². The fraction of sp³-hybridized carbons (Fsp3) is 0.846. The fourth-order valence-corrected chi connectivity index (χ4v) is 2.01. The van der Waals surface area contributed by atoms with Gasteiger partial charge in [0.25, 0.3) is 0 Å². The first-order valence-corrected chi connectivity index (χ1v) is 6.73. The van der Waals surface area contributed by atoms with Crippen LogP contribution in [0.15, 0.2) is 0 Å². The van der Waals surface area contributed by atoms with Gasteiger partial charge in [-0.1, -0.05) is 0 Å². The van der Waals surface area contributed by atoms with Gasteiger partial charge >= 0.3 is 6.09 Å². The molecule has 3 N–H and O–H groups in total. The lowest BCUT2D eigenvalue weighted by Gasteiger charge is -2.33. The van der Waals surface area contributed by atoms with E-state index in [1.807, 2.05) is 20.8 Å². The Hall–Kier alpha value is -1.30. The molecule has 0 aromatic rings. The van der Waals surface area contributed by atoms with Crippen molar-refractivity contribution < 1.29 is 14.3 Å². The van der Waals surface area contributed by atoms with Crippen molar-refractivity contribution >= 4 is 12.0 Å². The molecular weight excluding hydrogens is 246 g/mol. The highest BCUT2D eigenvalue weighted by Crippen LogP contribution is 2.13. The third-order valence-corrected chi connectivity index (χ3v) is 2.92. The van der Waals surface area contributed by atoms with Crippen LogP contribution in [0.1, 0.15) is 40.5 Å². The monoisotopic (exact) mass is 271 g/mol. The summed E-state index contributed by atoms with van der Waals surface area (Å²) in [4.78, 5) is 25.1. The number of nitrogens with two attached hydrogens (primary N) is 1. The van der Waals surface area contributed by atoms with Crippen molar-refractivity contribution in [3.63, 3.8) is 0 Å². The predicted octanol–water partition coefficient (Wildman–Crippen LogP) is 0.849. The average Bonchev–Trinajstić information content (AvgIpc) is 2.26. The molecule has 6 nitrogen and oxygen atoms in total. The van der Waals surface area contributed by atoms with Crippen LogP contribution in [-0.4, -0.2) is 47.7 Å². The molecule has 110 valence electrons. The van der Waals surface area contributed by atoms with E-state index in [9.17, 15) is 9.59 Å². The first-order valence-electron chi connectivity index (χ1n) is 6.73. The zero-order valence-corrected chi connectivity index (χ0v) is 12.2. The van der Waals surface area contributed by atoms with Gasteiger partial charge in [0.15, 0.2) is 0 Å². The smallest absolute Gasteiger partial charge is 0.407 e. The molecule has 1 aliphatic rings. The molecule has 0 bridgehead atoms. The topological polar surface area (TPSA) is 84.7 Å². The number of hydrogen-bond acceptors (Lipinski definition) is 4. The summed E-state index contributed by atoms with van der Waals surface area (Å²) in [5, 5.41) is 2.83. The molecule has 0 spiro atoms. The number of rotatable bonds is 2. The Morgan fingerprint density at radius 2 is 1.84 bits per heavy atom. The van der Waals surface area contributed by atoms with Gasteiger partial charge in [0.1, 0.15) is 5.60 Å². The molecule has 2 amide bonds. The highest BCUT2D eigenvalue weighted by atomic mass is 16.6. The van der Waals surface area contributed by atoms with E-state index in [4.69, 9.17) is 10.5 Å². The van der Waals surface area contributed by atoms with Gasteiger partial charge in [-0.2, -0.15) is 0 Å². The summed E-state index contributed by atoms with van der Waals surface area (Å²) in [6.07, 6.45) is 1.07. The SMILES string of the molecule is C[C@H](N)C(=O)N1CCC(NC(=O)OC(C)(C)C)CC1. The minimum Gasteiger partial charge on any atom is -0.444 e. The lowest BCUT2D eigenvalue weighted by Crippen LogP contribution is -2.50. The van der Waals surface area contributed by atoms with Gasteiger partial charge in [-0.3, -0.25) is 4.79 Å². The highest BCUT2D eigenvalue weighted by Gasteiger charge is 2.26. The van der Waals surface area contributed by atoms with Crippen LogP contribution < -0.4 is 11.1 Å². The van der Waals surface area contributed by atoms with Crippen molar-refractivity contribution in [3.8, 4) is 0 Å². The zero-order valence-electron chi connectivity index (χ0n) is 12.2. The largest absolute Gasteiger partial charge is 0.444 e. The van der Waals surface area contributed by atoms with Gasteiger partial charge in [0, 0.05) is 19.1 Å². The summed E-state index contributed by atoms with van der Waals surface area (Å²) >= 11 is 0. The highest BCUT2D eigenvalue weighted by molar-refractivity contribution is 5.81. The van der Waals surface area contributed by atoms with Gasteiger partial charge in [-0.05, 0) is 40.5 Å². The average molecular weight is 271 g/mol. The van der Waals surface area contributed by atoms with Gasteiger partial charge < -0.3 is 20.7 Å². The zero-order chi connectivity index (χ0) is 14.6. The number of likely N-dealkylation sites (tertiary alicyclic amines) is 1. The van der Waals surface area contributed by atoms with Crippen LogP contribution in [0.25, 0.3) is 0 Å². The van der Waals surface area contributed by atoms with Crippen LogP contribution >= 0.6 is 0 Å². The molecule has 19 heavy (non-hydrogen) atoms. The maximum absolute atomic E-state index is 11.7. The molecule has 1 atom stereocenters. The first kappa shape index (κ1) is 15.8. The third-order valence-electron chi connectivity index (χ3n) is 2.92. The maximum atomic E-state index is 11.7. The van der Waals surface area contributed by atoms with Crippen LogP contribution in [-0.2, 0) is 9.53 Å². The number of ether oxygens (including phenoxy) is 1. The van der Waals surface area contributed by atoms with E-state index in [1.165, 1.54) is 0 Å². The fourth-order valence-electron chi connectivity index (χ4n) is 2.01. The van der Waals surface area contributed by atoms with E-state index in [1.54, 1.807) is 11.8 Å². The Labute approximate surface area is 114 Å². The van der Waals surface area contributed by atoms with Crippen molar-refractivity contribution in [1.82, 2.24) is 10.2 Å². The molecule has 1 saturated heterocycles. The molecule has 1 fully saturated rings. The van der Waals surface area contributed by atoms with Gasteiger partial charge in [-0.25, -0.2) is 4.79 Å². The first-order chi connectivity index (χ1) is 8.69. The molecule has 1 aliphatic heterocycles. The number of piperidine rings is 1. The van der Waals surface area contributed by atoms with Crippen LogP contribution in [0.4, 0.5) is 4.79 Å². The summed E-state index contributed by atoms with van der Waals surface area (Å²) in [6, 6.07) is -0.401. The number of hydrogen-bond donors (Lipinski definition) is 2. The lowest BCUT2D eigenvalue weighted by atomic mass is 10.0. The third kappa shape index (κ3) is 5.46. The maximum Gasteiger partial charge on any atom is 0.407 e. The molecule has 1 rings (SSSR count). The number of nitrogens with zero attached hydrogens (tertiary/aromatic N) is 1. The number of carbonyl (C=O) groups is 2. The van der Waals surface area contributed by atoms with Crippen molar-refractivity contribution in [1.29, 1.82) is 0 Å². The van der Waals surface area contributed by atoms with E-state index in [2.05, 4.69) is 5.32 Å². The number of nitrogens with one attached hydrogen (secondary N) is 1. The Kier molecular flexibility index (Phi) is 5.17. The van der Waals surface area contributed by atoms with Crippen molar-refractivity contribution in [3.05, 3.63) is 0 Å². The minimum absolute atomic E-state index is 0.0317. The Balaban J connectivity index is 2.34. The molecule has 1 heterocycles. The molecule has 0 aromatic carbocycles.